The van der Waals surface area contributed by atoms with Crippen molar-refractivity contribution < 1.29 is 22.4 Å². The van der Waals surface area contributed by atoms with Crippen molar-refractivity contribution in [2.24, 2.45) is 4.99 Å². The van der Waals surface area contributed by atoms with Crippen molar-refractivity contribution in [3.8, 4) is 0 Å². The second kappa shape index (κ2) is 4.11. The van der Waals surface area contributed by atoms with Gasteiger partial charge in [0.15, 0.2) is 11.6 Å². The fraction of sp³-hybridized carbons (Fsp3) is 0.333. The van der Waals surface area contributed by atoms with E-state index in [1.54, 1.807) is 6.07 Å². The summed E-state index contributed by atoms with van der Waals surface area (Å²) >= 11 is 0. The quantitative estimate of drug-likeness (QED) is 0.846. The van der Waals surface area contributed by atoms with Crippen LogP contribution in [0.5, 0.6) is 0 Å². The molecule has 5 nitrogen and oxygen atoms in total. The Morgan fingerprint density at radius 3 is 2.88 bits per heavy atom. The summed E-state index contributed by atoms with van der Waals surface area (Å²) in [6, 6.07) is 3.11. The molecule has 1 aromatic rings. The van der Waals surface area contributed by atoms with Gasteiger partial charge in [0, 0.05) is 0 Å². The van der Waals surface area contributed by atoms with Gasteiger partial charge < -0.3 is 4.42 Å². The van der Waals surface area contributed by atoms with Crippen LogP contribution >= 0.6 is 0 Å². The first-order valence-electron chi connectivity index (χ1n) is 4.68. The summed E-state index contributed by atoms with van der Waals surface area (Å²) in [6.07, 6.45) is -3.10. The molecule has 0 saturated carbocycles. The van der Waals surface area contributed by atoms with Crippen LogP contribution in [-0.4, -0.2) is 36.0 Å². The molecule has 8 heteroatoms. The van der Waals surface area contributed by atoms with Crippen molar-refractivity contribution in [1.82, 2.24) is 10.4 Å². The number of amides is 1. The number of furan rings is 1. The molecule has 92 valence electrons. The smallest absolute Gasteiger partial charge is 0.408 e. The fourth-order valence-electron chi connectivity index (χ4n) is 1.31. The highest BCUT2D eigenvalue weighted by atomic mass is 19.4. The molecular weight excluding hydrogens is 239 g/mol. The Morgan fingerprint density at radius 1 is 1.53 bits per heavy atom. The summed E-state index contributed by atoms with van der Waals surface area (Å²) in [5.41, 5.74) is 2.28. The third-order valence-corrected chi connectivity index (χ3v) is 2.01. The number of hydrazine groups is 1. The molecule has 0 aliphatic carbocycles. The maximum atomic E-state index is 12.2. The lowest BCUT2D eigenvalue weighted by Crippen LogP contribution is -2.54. The molecule has 0 bridgehead atoms. The number of nitrogens with one attached hydrogen (secondary N) is 1. The third-order valence-electron chi connectivity index (χ3n) is 2.01. The second-order valence-corrected chi connectivity index (χ2v) is 3.35. The van der Waals surface area contributed by atoms with Gasteiger partial charge in [-0.05, 0) is 12.1 Å². The molecule has 1 N–H and O–H groups in total. The Hall–Kier alpha value is -1.99. The summed E-state index contributed by atoms with van der Waals surface area (Å²) in [6.45, 7) is -1.70. The molecule has 1 aromatic heterocycles. The van der Waals surface area contributed by atoms with Crippen LogP contribution in [0.15, 0.2) is 27.8 Å². The van der Waals surface area contributed by atoms with E-state index in [9.17, 15) is 18.0 Å². The number of rotatable bonds is 2. The second-order valence-electron chi connectivity index (χ2n) is 3.35. The van der Waals surface area contributed by atoms with Crippen LogP contribution in [0.4, 0.5) is 13.2 Å². The Balaban J connectivity index is 2.12. The van der Waals surface area contributed by atoms with Gasteiger partial charge in [0.05, 0.1) is 6.26 Å². The van der Waals surface area contributed by atoms with Gasteiger partial charge in [0.2, 0.25) is 0 Å². The number of carbonyl (C=O) groups excluding carboxylic acids is 1. The normalized spacial score (nSPS) is 16.8. The van der Waals surface area contributed by atoms with Crippen LogP contribution in [-0.2, 0) is 4.79 Å². The zero-order valence-corrected chi connectivity index (χ0v) is 8.49. The van der Waals surface area contributed by atoms with E-state index in [-0.39, 0.29) is 18.1 Å². The summed E-state index contributed by atoms with van der Waals surface area (Å²) in [7, 11) is 0. The lowest BCUT2D eigenvalue weighted by atomic mass is 10.4. The Morgan fingerprint density at radius 2 is 2.29 bits per heavy atom. The van der Waals surface area contributed by atoms with Gasteiger partial charge in [0.25, 0.3) is 5.91 Å². The first-order valence-corrected chi connectivity index (χ1v) is 4.68. The molecule has 0 aromatic carbocycles. The number of hydrogen-bond acceptors (Lipinski definition) is 4. The first kappa shape index (κ1) is 11.5. The average Bonchev–Trinajstić information content (AvgIpc) is 2.72. The van der Waals surface area contributed by atoms with Gasteiger partial charge in [-0.25, -0.2) is 5.01 Å². The largest absolute Gasteiger partial charge is 0.461 e. The SMILES string of the molecule is O=C1CN=C(c2ccco2)NN1CC(F)(F)F. The van der Waals surface area contributed by atoms with E-state index < -0.39 is 18.6 Å². The number of aliphatic imine (C=N–C) groups is 1. The van der Waals surface area contributed by atoms with E-state index in [1.807, 2.05) is 0 Å². The first-order chi connectivity index (χ1) is 7.96. The van der Waals surface area contributed by atoms with E-state index in [0.717, 1.165) is 0 Å². The van der Waals surface area contributed by atoms with E-state index in [2.05, 4.69) is 10.4 Å². The van der Waals surface area contributed by atoms with E-state index in [4.69, 9.17) is 4.42 Å². The predicted molar refractivity (Wildman–Crippen MR) is 51.0 cm³/mol. The lowest BCUT2D eigenvalue weighted by Gasteiger charge is -2.28. The van der Waals surface area contributed by atoms with Crippen molar-refractivity contribution in [1.29, 1.82) is 0 Å². The van der Waals surface area contributed by atoms with Crippen LogP contribution in [0, 0.1) is 0 Å². The number of hydrogen-bond donors (Lipinski definition) is 1. The highest BCUT2D eigenvalue weighted by Gasteiger charge is 2.35. The number of halogens is 3. The summed E-state index contributed by atoms with van der Waals surface area (Å²) < 4.78 is 41.5. The fourth-order valence-corrected chi connectivity index (χ4v) is 1.31. The van der Waals surface area contributed by atoms with Gasteiger partial charge in [-0.15, -0.1) is 0 Å². The van der Waals surface area contributed by atoms with Crippen molar-refractivity contribution in [3.05, 3.63) is 24.2 Å². The summed E-state index contributed by atoms with van der Waals surface area (Å²) in [4.78, 5) is 15.0. The van der Waals surface area contributed by atoms with Crippen molar-refractivity contribution in [2.45, 2.75) is 6.18 Å². The van der Waals surface area contributed by atoms with E-state index in [0.29, 0.717) is 5.01 Å². The van der Waals surface area contributed by atoms with Crippen LogP contribution in [0.3, 0.4) is 0 Å². The Labute approximate surface area is 93.9 Å². The summed E-state index contributed by atoms with van der Waals surface area (Å²) in [5.74, 6) is -0.346. The van der Waals surface area contributed by atoms with Crippen LogP contribution in [0.2, 0.25) is 0 Å². The van der Waals surface area contributed by atoms with Crippen LogP contribution in [0.1, 0.15) is 5.76 Å². The van der Waals surface area contributed by atoms with Crippen LogP contribution < -0.4 is 5.43 Å². The van der Waals surface area contributed by atoms with Crippen LogP contribution in [0.25, 0.3) is 0 Å². The highest BCUT2D eigenvalue weighted by Crippen LogP contribution is 2.17. The molecule has 0 spiro atoms. The molecule has 0 unspecified atom stereocenters. The molecule has 0 atom stereocenters. The molecule has 0 fully saturated rings. The highest BCUT2D eigenvalue weighted by molar-refractivity contribution is 6.00. The van der Waals surface area contributed by atoms with Crippen molar-refractivity contribution in [2.75, 3.05) is 13.1 Å². The number of nitrogens with zero attached hydrogens (tertiary/aromatic N) is 2. The third kappa shape index (κ3) is 2.77. The lowest BCUT2D eigenvalue weighted by molar-refractivity contribution is -0.164. The van der Waals surface area contributed by atoms with Gasteiger partial charge in [0.1, 0.15) is 13.1 Å². The number of amidine groups is 1. The molecule has 1 aliphatic heterocycles. The zero-order chi connectivity index (χ0) is 12.5. The molecule has 1 aliphatic rings. The molecular formula is C9H8F3N3O2. The summed E-state index contributed by atoms with van der Waals surface area (Å²) in [5, 5.41) is 0.477. The minimum atomic E-state index is -4.46. The topological polar surface area (TPSA) is 57.8 Å². The van der Waals surface area contributed by atoms with Gasteiger partial charge in [-0.1, -0.05) is 0 Å². The maximum Gasteiger partial charge on any atom is 0.408 e. The van der Waals surface area contributed by atoms with Gasteiger partial charge >= 0.3 is 6.18 Å². The molecule has 1 amide bonds. The van der Waals surface area contributed by atoms with Crippen molar-refractivity contribution in [3.63, 3.8) is 0 Å². The van der Waals surface area contributed by atoms with E-state index >= 15 is 0 Å². The standard InChI is InChI=1S/C9H8F3N3O2/c10-9(11,12)5-15-7(16)4-13-8(14-15)6-2-1-3-17-6/h1-3H,4-5H2,(H,13,14). The minimum Gasteiger partial charge on any atom is -0.461 e. The molecule has 2 heterocycles. The Kier molecular flexibility index (Phi) is 2.78. The average molecular weight is 247 g/mol. The molecule has 2 rings (SSSR count). The Bertz CT molecular complexity index is 439. The van der Waals surface area contributed by atoms with E-state index in [1.165, 1.54) is 12.3 Å². The molecule has 0 saturated heterocycles. The number of alkyl halides is 3. The van der Waals surface area contributed by atoms with Gasteiger partial charge in [-0.3, -0.25) is 15.2 Å². The minimum absolute atomic E-state index is 0.110. The monoisotopic (exact) mass is 247 g/mol. The van der Waals surface area contributed by atoms with Crippen molar-refractivity contribution >= 4 is 11.7 Å². The molecule has 17 heavy (non-hydrogen) atoms. The predicted octanol–water partition coefficient (Wildman–Crippen LogP) is 0.935. The van der Waals surface area contributed by atoms with Gasteiger partial charge in [-0.2, -0.15) is 13.2 Å². The number of carbonyl (C=O) groups is 1. The zero-order valence-electron chi connectivity index (χ0n) is 8.49. The maximum absolute atomic E-state index is 12.2. The molecule has 0 radical (unpaired) electrons.